The average molecular weight is 348 g/mol. The van der Waals surface area contributed by atoms with Crippen LogP contribution in [0.3, 0.4) is 0 Å². The number of esters is 1. The largest absolute Gasteiger partial charge is 0.466 e. The molecule has 0 fully saturated rings. The van der Waals surface area contributed by atoms with E-state index in [1.54, 1.807) is 23.5 Å². The predicted molar refractivity (Wildman–Crippen MR) is 91.9 cm³/mol. The number of fused-ring (bicyclic) bond motifs is 3. The first kappa shape index (κ1) is 16.9. The van der Waals surface area contributed by atoms with Crippen LogP contribution in [0.25, 0.3) is 11.2 Å². The lowest BCUT2D eigenvalue weighted by Gasteiger charge is -2.24. The van der Waals surface area contributed by atoms with Gasteiger partial charge in [-0.25, -0.2) is 9.80 Å². The number of hydrogen-bond acceptors (Lipinski definition) is 7. The van der Waals surface area contributed by atoms with Gasteiger partial charge in [0.2, 0.25) is 5.95 Å². The monoisotopic (exact) mass is 348 g/mol. The van der Waals surface area contributed by atoms with Gasteiger partial charge in [0, 0.05) is 14.1 Å². The Balaban J connectivity index is 2.10. The Kier molecular flexibility index (Phi) is 4.19. The standard InChI is InChI=1S/C15H20N6O4/c1-5-25-10(22)6-7-21-14-16-12-11(20(14)8-9(2)17-21)13(23)19(4)15(24)18(12)3/h5-8H2,1-4H3. The van der Waals surface area contributed by atoms with Crippen LogP contribution in [0, 0.1) is 0 Å². The molecule has 0 aromatic carbocycles. The highest BCUT2D eigenvalue weighted by Gasteiger charge is 2.26. The van der Waals surface area contributed by atoms with Gasteiger partial charge in [-0.1, -0.05) is 0 Å². The lowest BCUT2D eigenvalue weighted by molar-refractivity contribution is -0.142. The SMILES string of the molecule is CCOC(=O)CCN1N=C(C)Cn2c1nc1c2c(=O)n(C)c(=O)n1C. The maximum atomic E-state index is 12.6. The second-order valence-electron chi connectivity index (χ2n) is 5.89. The van der Waals surface area contributed by atoms with Gasteiger partial charge in [0.15, 0.2) is 11.2 Å². The number of anilines is 1. The highest BCUT2D eigenvalue weighted by atomic mass is 16.5. The number of carbonyl (C=O) groups is 1. The minimum atomic E-state index is -0.441. The third-order valence-electron chi connectivity index (χ3n) is 4.07. The second-order valence-corrected chi connectivity index (χ2v) is 5.89. The topological polar surface area (TPSA) is 104 Å². The van der Waals surface area contributed by atoms with Crippen LogP contribution in [-0.2, 0) is 30.2 Å². The van der Waals surface area contributed by atoms with Gasteiger partial charge in [-0.15, -0.1) is 0 Å². The fraction of sp³-hybridized carbons (Fsp3) is 0.533. The van der Waals surface area contributed by atoms with Gasteiger partial charge in [0.1, 0.15) is 0 Å². The molecule has 1 aliphatic rings. The normalized spacial score (nSPS) is 13.8. The molecule has 10 heteroatoms. The fourth-order valence-electron chi connectivity index (χ4n) is 2.87. The number of nitrogens with zero attached hydrogens (tertiary/aromatic N) is 6. The Morgan fingerprint density at radius 2 is 1.96 bits per heavy atom. The molecule has 0 bridgehead atoms. The molecule has 0 saturated heterocycles. The molecule has 25 heavy (non-hydrogen) atoms. The van der Waals surface area contributed by atoms with Crippen LogP contribution < -0.4 is 16.3 Å². The van der Waals surface area contributed by atoms with Crippen molar-refractivity contribution in [1.29, 1.82) is 0 Å². The quantitative estimate of drug-likeness (QED) is 0.696. The molecule has 3 rings (SSSR count). The van der Waals surface area contributed by atoms with E-state index in [1.165, 1.54) is 11.6 Å². The van der Waals surface area contributed by atoms with Crippen molar-refractivity contribution < 1.29 is 9.53 Å². The summed E-state index contributed by atoms with van der Waals surface area (Å²) in [6.07, 6.45) is 0.144. The Morgan fingerprint density at radius 1 is 1.24 bits per heavy atom. The number of carbonyl (C=O) groups excluding carboxylic acids is 1. The number of aryl methyl sites for hydroxylation is 1. The van der Waals surface area contributed by atoms with E-state index in [2.05, 4.69) is 10.1 Å². The molecular weight excluding hydrogens is 328 g/mol. The zero-order chi connectivity index (χ0) is 18.3. The van der Waals surface area contributed by atoms with E-state index < -0.39 is 11.2 Å². The zero-order valence-electron chi connectivity index (χ0n) is 14.6. The van der Waals surface area contributed by atoms with Crippen LogP contribution in [-0.4, -0.2) is 43.5 Å². The molecule has 0 aliphatic carbocycles. The molecule has 10 nitrogen and oxygen atoms in total. The third-order valence-corrected chi connectivity index (χ3v) is 4.07. The lowest BCUT2D eigenvalue weighted by Crippen LogP contribution is -2.38. The van der Waals surface area contributed by atoms with Gasteiger partial charge < -0.3 is 4.74 Å². The van der Waals surface area contributed by atoms with Crippen molar-refractivity contribution in [1.82, 2.24) is 18.7 Å². The van der Waals surface area contributed by atoms with Crippen LogP contribution in [0.15, 0.2) is 14.7 Å². The van der Waals surface area contributed by atoms with E-state index in [4.69, 9.17) is 4.74 Å². The molecule has 0 saturated carbocycles. The summed E-state index contributed by atoms with van der Waals surface area (Å²) in [5.74, 6) is 0.107. The van der Waals surface area contributed by atoms with Crippen molar-refractivity contribution in [2.24, 2.45) is 19.2 Å². The number of hydrogen-bond donors (Lipinski definition) is 0. The summed E-state index contributed by atoms with van der Waals surface area (Å²) in [6.45, 7) is 4.57. The summed E-state index contributed by atoms with van der Waals surface area (Å²) in [6, 6.07) is 0. The minimum Gasteiger partial charge on any atom is -0.466 e. The number of aromatic nitrogens is 4. The first-order chi connectivity index (χ1) is 11.8. The van der Waals surface area contributed by atoms with E-state index in [0.717, 1.165) is 10.3 Å². The maximum absolute atomic E-state index is 12.6. The Labute approximate surface area is 142 Å². The van der Waals surface area contributed by atoms with Gasteiger partial charge in [-0.2, -0.15) is 10.1 Å². The second kappa shape index (κ2) is 6.19. The Hall–Kier alpha value is -2.91. The molecule has 0 N–H and O–H groups in total. The van der Waals surface area contributed by atoms with Crippen molar-refractivity contribution in [2.75, 3.05) is 18.2 Å². The molecule has 3 heterocycles. The summed E-state index contributed by atoms with van der Waals surface area (Å²) >= 11 is 0. The van der Waals surface area contributed by atoms with Crippen LogP contribution in [0.1, 0.15) is 20.3 Å². The van der Waals surface area contributed by atoms with Gasteiger partial charge in [-0.3, -0.25) is 23.3 Å². The first-order valence-corrected chi connectivity index (χ1v) is 7.98. The number of ether oxygens (including phenoxy) is 1. The van der Waals surface area contributed by atoms with E-state index in [9.17, 15) is 14.4 Å². The molecular formula is C15H20N6O4. The molecule has 0 amide bonds. The van der Waals surface area contributed by atoms with E-state index in [0.29, 0.717) is 30.3 Å². The van der Waals surface area contributed by atoms with Crippen LogP contribution in [0.5, 0.6) is 0 Å². The highest BCUT2D eigenvalue weighted by Crippen LogP contribution is 2.23. The van der Waals surface area contributed by atoms with Gasteiger partial charge >= 0.3 is 11.7 Å². The zero-order valence-corrected chi connectivity index (χ0v) is 14.6. The van der Waals surface area contributed by atoms with Crippen molar-refractivity contribution in [3.05, 3.63) is 20.8 Å². The van der Waals surface area contributed by atoms with Crippen molar-refractivity contribution in [3.8, 4) is 0 Å². The summed E-state index contributed by atoms with van der Waals surface area (Å²) in [7, 11) is 3.01. The molecule has 2 aromatic heterocycles. The predicted octanol–water partition coefficient (Wildman–Crippen LogP) is -0.417. The molecule has 0 spiro atoms. The first-order valence-electron chi connectivity index (χ1n) is 7.98. The number of rotatable bonds is 4. The molecule has 0 atom stereocenters. The van der Waals surface area contributed by atoms with Gasteiger partial charge in [0.25, 0.3) is 5.56 Å². The van der Waals surface area contributed by atoms with Crippen LogP contribution in [0.2, 0.25) is 0 Å². The van der Waals surface area contributed by atoms with Crippen LogP contribution >= 0.6 is 0 Å². The highest BCUT2D eigenvalue weighted by molar-refractivity contribution is 5.87. The fourth-order valence-corrected chi connectivity index (χ4v) is 2.87. The average Bonchev–Trinajstić information content (AvgIpc) is 2.95. The van der Waals surface area contributed by atoms with E-state index >= 15 is 0 Å². The lowest BCUT2D eigenvalue weighted by atomic mass is 10.3. The minimum absolute atomic E-state index is 0.144. The Morgan fingerprint density at radius 3 is 2.64 bits per heavy atom. The van der Waals surface area contributed by atoms with Crippen molar-refractivity contribution in [2.45, 2.75) is 26.8 Å². The van der Waals surface area contributed by atoms with Crippen LogP contribution in [0.4, 0.5) is 5.95 Å². The van der Waals surface area contributed by atoms with Crippen molar-refractivity contribution >= 4 is 28.8 Å². The maximum Gasteiger partial charge on any atom is 0.332 e. The number of imidazole rings is 1. The Bertz CT molecular complexity index is 996. The molecule has 0 radical (unpaired) electrons. The van der Waals surface area contributed by atoms with E-state index in [1.807, 2.05) is 6.92 Å². The smallest absolute Gasteiger partial charge is 0.332 e. The summed E-state index contributed by atoms with van der Waals surface area (Å²) in [5, 5.41) is 5.99. The van der Waals surface area contributed by atoms with Crippen molar-refractivity contribution in [3.63, 3.8) is 0 Å². The molecule has 134 valence electrons. The van der Waals surface area contributed by atoms with E-state index in [-0.39, 0.29) is 18.9 Å². The molecule has 2 aromatic rings. The number of hydrazone groups is 1. The van der Waals surface area contributed by atoms with Gasteiger partial charge in [-0.05, 0) is 13.8 Å². The van der Waals surface area contributed by atoms with Gasteiger partial charge in [0.05, 0.1) is 31.8 Å². The molecule has 0 unspecified atom stereocenters. The molecule has 1 aliphatic heterocycles. The summed E-state index contributed by atoms with van der Waals surface area (Å²) in [5.41, 5.74) is 0.566. The summed E-state index contributed by atoms with van der Waals surface area (Å²) < 4.78 is 9.05. The summed E-state index contributed by atoms with van der Waals surface area (Å²) in [4.78, 5) is 40.7. The third kappa shape index (κ3) is 2.73.